The van der Waals surface area contributed by atoms with Gasteiger partial charge in [0, 0.05) is 31.1 Å². The zero-order valence-corrected chi connectivity index (χ0v) is 20.6. The summed E-state index contributed by atoms with van der Waals surface area (Å²) in [5.41, 5.74) is 3.70. The SMILES string of the molecule is CNC(=O)c1cc(Oc2ccc(NC(=O)Nc3cc(C(C)C)nn3-c3cccc(C)c3)cc2)ccn1. The summed E-state index contributed by atoms with van der Waals surface area (Å²) in [6.45, 7) is 6.13. The third kappa shape index (κ3) is 5.87. The Balaban J connectivity index is 1.44. The molecule has 36 heavy (non-hydrogen) atoms. The minimum absolute atomic E-state index is 0.208. The summed E-state index contributed by atoms with van der Waals surface area (Å²) in [6.07, 6.45) is 1.51. The van der Waals surface area contributed by atoms with Crippen LogP contribution in [0.15, 0.2) is 72.9 Å². The summed E-state index contributed by atoms with van der Waals surface area (Å²) in [6, 6.07) is 19.6. The summed E-state index contributed by atoms with van der Waals surface area (Å²) >= 11 is 0. The van der Waals surface area contributed by atoms with Crippen molar-refractivity contribution in [3.63, 3.8) is 0 Å². The van der Waals surface area contributed by atoms with Crippen molar-refractivity contribution in [1.29, 1.82) is 0 Å². The predicted octanol–water partition coefficient (Wildman–Crippen LogP) is 5.50. The number of hydrogen-bond acceptors (Lipinski definition) is 5. The Labute approximate surface area is 209 Å². The number of rotatable bonds is 7. The Bertz CT molecular complexity index is 1380. The quantitative estimate of drug-likeness (QED) is 0.321. The lowest BCUT2D eigenvalue weighted by Crippen LogP contribution is -2.21. The first kappa shape index (κ1) is 24.5. The highest BCUT2D eigenvalue weighted by molar-refractivity contribution is 5.99. The van der Waals surface area contributed by atoms with E-state index in [9.17, 15) is 9.59 Å². The standard InChI is InChI=1S/C27H28N6O3/c1-17(2)23-16-25(33(32-23)20-7-5-6-18(3)14-20)31-27(35)30-19-8-10-21(11-9-19)36-22-12-13-29-24(15-22)26(34)28-4/h5-17H,1-4H3,(H,28,34)(H2,30,31,35). The molecule has 0 aliphatic heterocycles. The van der Waals surface area contributed by atoms with Crippen molar-refractivity contribution in [1.82, 2.24) is 20.1 Å². The van der Waals surface area contributed by atoms with E-state index in [-0.39, 0.29) is 17.5 Å². The molecule has 0 aliphatic rings. The molecule has 0 aliphatic carbocycles. The summed E-state index contributed by atoms with van der Waals surface area (Å²) in [7, 11) is 1.54. The number of benzene rings is 2. The Morgan fingerprint density at radius 2 is 1.72 bits per heavy atom. The normalized spacial score (nSPS) is 10.7. The molecule has 0 atom stereocenters. The highest BCUT2D eigenvalue weighted by atomic mass is 16.5. The van der Waals surface area contributed by atoms with Gasteiger partial charge in [-0.3, -0.25) is 15.1 Å². The van der Waals surface area contributed by atoms with E-state index in [0.717, 1.165) is 16.9 Å². The average Bonchev–Trinajstić information content (AvgIpc) is 3.29. The molecule has 0 unspecified atom stereocenters. The zero-order valence-electron chi connectivity index (χ0n) is 20.6. The van der Waals surface area contributed by atoms with Crippen LogP contribution in [0.5, 0.6) is 11.5 Å². The summed E-state index contributed by atoms with van der Waals surface area (Å²) in [4.78, 5) is 28.6. The van der Waals surface area contributed by atoms with Gasteiger partial charge in [-0.05, 0) is 60.9 Å². The molecule has 9 nitrogen and oxygen atoms in total. The first-order valence-electron chi connectivity index (χ1n) is 11.5. The summed E-state index contributed by atoms with van der Waals surface area (Å²) < 4.78 is 7.55. The van der Waals surface area contributed by atoms with Crippen LogP contribution in [-0.2, 0) is 0 Å². The van der Waals surface area contributed by atoms with Gasteiger partial charge in [0.1, 0.15) is 23.0 Å². The van der Waals surface area contributed by atoms with Crippen molar-refractivity contribution in [2.24, 2.45) is 0 Å². The third-order valence-electron chi connectivity index (χ3n) is 5.35. The van der Waals surface area contributed by atoms with E-state index in [1.165, 1.54) is 6.20 Å². The van der Waals surface area contributed by atoms with E-state index in [1.54, 1.807) is 48.1 Å². The molecule has 0 fully saturated rings. The van der Waals surface area contributed by atoms with Gasteiger partial charge in [0.15, 0.2) is 0 Å². The number of ether oxygens (including phenoxy) is 1. The van der Waals surface area contributed by atoms with Gasteiger partial charge in [-0.15, -0.1) is 0 Å². The van der Waals surface area contributed by atoms with Gasteiger partial charge in [-0.1, -0.05) is 26.0 Å². The van der Waals surface area contributed by atoms with Crippen LogP contribution in [0.25, 0.3) is 5.69 Å². The Morgan fingerprint density at radius 1 is 0.944 bits per heavy atom. The molecule has 0 saturated carbocycles. The number of urea groups is 1. The van der Waals surface area contributed by atoms with E-state index in [2.05, 4.69) is 39.9 Å². The number of carbonyl (C=O) groups is 2. The largest absolute Gasteiger partial charge is 0.457 e. The molecule has 3 amide bonds. The lowest BCUT2D eigenvalue weighted by molar-refractivity contribution is 0.0958. The molecule has 2 aromatic heterocycles. The zero-order chi connectivity index (χ0) is 25.7. The van der Waals surface area contributed by atoms with Crippen molar-refractivity contribution >= 4 is 23.4 Å². The van der Waals surface area contributed by atoms with Crippen LogP contribution in [0.3, 0.4) is 0 Å². The topological polar surface area (TPSA) is 110 Å². The maximum Gasteiger partial charge on any atom is 0.324 e. The smallest absolute Gasteiger partial charge is 0.324 e. The van der Waals surface area contributed by atoms with Crippen molar-refractivity contribution in [2.75, 3.05) is 17.7 Å². The Kier molecular flexibility index (Phi) is 7.29. The second kappa shape index (κ2) is 10.7. The van der Waals surface area contributed by atoms with Crippen molar-refractivity contribution in [2.45, 2.75) is 26.7 Å². The molecule has 2 aromatic carbocycles. The second-order valence-electron chi connectivity index (χ2n) is 8.52. The number of hydrogen-bond donors (Lipinski definition) is 3. The molecule has 3 N–H and O–H groups in total. The summed E-state index contributed by atoms with van der Waals surface area (Å²) in [5, 5.41) is 12.9. The number of anilines is 2. The fourth-order valence-electron chi connectivity index (χ4n) is 3.48. The minimum atomic E-state index is -0.392. The van der Waals surface area contributed by atoms with Crippen LogP contribution in [0.1, 0.15) is 41.5 Å². The van der Waals surface area contributed by atoms with Crippen molar-refractivity contribution in [3.8, 4) is 17.2 Å². The predicted molar refractivity (Wildman–Crippen MR) is 139 cm³/mol. The van der Waals surface area contributed by atoms with Gasteiger partial charge in [0.05, 0.1) is 11.4 Å². The lowest BCUT2D eigenvalue weighted by Gasteiger charge is -2.11. The molecule has 0 saturated heterocycles. The number of nitrogens with one attached hydrogen (secondary N) is 3. The highest BCUT2D eigenvalue weighted by Gasteiger charge is 2.15. The van der Waals surface area contributed by atoms with Gasteiger partial charge < -0.3 is 15.4 Å². The van der Waals surface area contributed by atoms with Gasteiger partial charge in [0.2, 0.25) is 0 Å². The maximum atomic E-state index is 12.8. The first-order valence-corrected chi connectivity index (χ1v) is 11.5. The molecule has 0 bridgehead atoms. The Morgan fingerprint density at radius 3 is 2.42 bits per heavy atom. The number of pyridine rings is 1. The van der Waals surface area contributed by atoms with E-state index in [4.69, 9.17) is 4.74 Å². The van der Waals surface area contributed by atoms with Crippen LogP contribution in [0, 0.1) is 6.92 Å². The van der Waals surface area contributed by atoms with Crippen LogP contribution >= 0.6 is 0 Å². The van der Waals surface area contributed by atoms with Gasteiger partial charge in [-0.25, -0.2) is 9.48 Å². The molecular formula is C27H28N6O3. The van der Waals surface area contributed by atoms with Crippen LogP contribution in [0.2, 0.25) is 0 Å². The number of amides is 3. The third-order valence-corrected chi connectivity index (χ3v) is 5.35. The second-order valence-corrected chi connectivity index (χ2v) is 8.52. The average molecular weight is 485 g/mol. The summed E-state index contributed by atoms with van der Waals surface area (Å²) in [5.74, 6) is 1.52. The number of nitrogens with zero attached hydrogens (tertiary/aromatic N) is 3. The Hall–Kier alpha value is -4.66. The monoisotopic (exact) mass is 484 g/mol. The number of aromatic nitrogens is 3. The molecule has 4 rings (SSSR count). The van der Waals surface area contributed by atoms with Crippen LogP contribution < -0.4 is 20.7 Å². The van der Waals surface area contributed by atoms with Crippen LogP contribution in [-0.4, -0.2) is 33.8 Å². The van der Waals surface area contributed by atoms with Crippen LogP contribution in [0.4, 0.5) is 16.3 Å². The van der Waals surface area contributed by atoms with E-state index in [1.807, 2.05) is 37.3 Å². The minimum Gasteiger partial charge on any atom is -0.457 e. The fraction of sp³-hybridized carbons (Fsp3) is 0.185. The van der Waals surface area contributed by atoms with E-state index >= 15 is 0 Å². The molecule has 2 heterocycles. The molecule has 0 radical (unpaired) electrons. The molecule has 0 spiro atoms. The van der Waals surface area contributed by atoms with Crippen molar-refractivity contribution < 1.29 is 14.3 Å². The number of aryl methyl sites for hydroxylation is 1. The molecule has 184 valence electrons. The van der Waals surface area contributed by atoms with Gasteiger partial charge in [-0.2, -0.15) is 5.10 Å². The highest BCUT2D eigenvalue weighted by Crippen LogP contribution is 2.25. The molecule has 4 aromatic rings. The van der Waals surface area contributed by atoms with E-state index < -0.39 is 6.03 Å². The number of carbonyl (C=O) groups excluding carboxylic acids is 2. The maximum absolute atomic E-state index is 12.8. The lowest BCUT2D eigenvalue weighted by atomic mass is 10.1. The molecule has 9 heteroatoms. The van der Waals surface area contributed by atoms with E-state index in [0.29, 0.717) is 23.0 Å². The first-order chi connectivity index (χ1) is 17.3. The van der Waals surface area contributed by atoms with Gasteiger partial charge >= 0.3 is 6.03 Å². The van der Waals surface area contributed by atoms with Gasteiger partial charge in [0.25, 0.3) is 5.91 Å². The molecular weight excluding hydrogens is 456 g/mol. The fourth-order valence-corrected chi connectivity index (χ4v) is 3.48. The van der Waals surface area contributed by atoms with Crippen molar-refractivity contribution in [3.05, 3.63) is 89.9 Å².